The second-order valence-electron chi connectivity index (χ2n) is 5.99. The van der Waals surface area contributed by atoms with E-state index >= 15 is 0 Å². The molecule has 4 rings (SSSR count). The molecule has 0 radical (unpaired) electrons. The van der Waals surface area contributed by atoms with E-state index in [0.29, 0.717) is 37.4 Å². The van der Waals surface area contributed by atoms with Crippen molar-refractivity contribution in [3.05, 3.63) is 66.2 Å². The third-order valence-corrected chi connectivity index (χ3v) is 4.44. The normalized spacial score (nSPS) is 14.7. The summed E-state index contributed by atoms with van der Waals surface area (Å²) in [6.07, 6.45) is 2.93. The number of amides is 2. The lowest BCUT2D eigenvalue weighted by atomic mass is 10.2. The molecule has 2 amide bonds. The molecule has 0 spiro atoms. The summed E-state index contributed by atoms with van der Waals surface area (Å²) in [5.74, 6) is -0.161. The number of furan rings is 1. The van der Waals surface area contributed by atoms with Crippen LogP contribution in [0.1, 0.15) is 20.8 Å². The molecule has 25 heavy (non-hydrogen) atoms. The molecule has 1 aliphatic heterocycles. The van der Waals surface area contributed by atoms with Crippen molar-refractivity contribution in [3.63, 3.8) is 0 Å². The summed E-state index contributed by atoms with van der Waals surface area (Å²) >= 11 is 0. The van der Waals surface area contributed by atoms with Crippen molar-refractivity contribution in [1.82, 2.24) is 14.8 Å². The van der Waals surface area contributed by atoms with Crippen molar-refractivity contribution in [1.29, 1.82) is 0 Å². The number of pyridine rings is 1. The Morgan fingerprint density at radius 3 is 2.32 bits per heavy atom. The standard InChI is InChI=1S/C19H17N3O3/c23-18(15-7-12-25-13-15)21-8-10-22(11-9-21)19(24)17-6-5-14-3-1-2-4-16(14)20-17/h1-7,12-13H,8-11H2. The van der Waals surface area contributed by atoms with Crippen LogP contribution in [0.4, 0.5) is 0 Å². The van der Waals surface area contributed by atoms with Gasteiger partial charge in [0.05, 0.1) is 17.3 Å². The summed E-state index contributed by atoms with van der Waals surface area (Å²) in [7, 11) is 0. The molecule has 0 aliphatic carbocycles. The van der Waals surface area contributed by atoms with E-state index < -0.39 is 0 Å². The molecule has 0 bridgehead atoms. The van der Waals surface area contributed by atoms with Gasteiger partial charge < -0.3 is 14.2 Å². The molecular weight excluding hydrogens is 318 g/mol. The number of fused-ring (bicyclic) bond motifs is 1. The number of nitrogens with zero attached hydrogens (tertiary/aromatic N) is 3. The van der Waals surface area contributed by atoms with Crippen LogP contribution in [0.25, 0.3) is 10.9 Å². The number of hydrogen-bond donors (Lipinski definition) is 0. The molecule has 126 valence electrons. The molecule has 6 heteroatoms. The molecule has 1 saturated heterocycles. The second-order valence-corrected chi connectivity index (χ2v) is 5.99. The van der Waals surface area contributed by atoms with Crippen molar-refractivity contribution < 1.29 is 14.0 Å². The number of benzene rings is 1. The van der Waals surface area contributed by atoms with E-state index in [2.05, 4.69) is 4.98 Å². The van der Waals surface area contributed by atoms with Crippen LogP contribution in [0.5, 0.6) is 0 Å². The van der Waals surface area contributed by atoms with E-state index in [1.54, 1.807) is 21.9 Å². The van der Waals surface area contributed by atoms with Crippen molar-refractivity contribution in [2.24, 2.45) is 0 Å². The van der Waals surface area contributed by atoms with E-state index in [1.165, 1.54) is 12.5 Å². The number of rotatable bonds is 2. The molecule has 0 N–H and O–H groups in total. The lowest BCUT2D eigenvalue weighted by molar-refractivity contribution is 0.0532. The van der Waals surface area contributed by atoms with Crippen LogP contribution < -0.4 is 0 Å². The Balaban J connectivity index is 1.44. The number of aromatic nitrogens is 1. The highest BCUT2D eigenvalue weighted by molar-refractivity contribution is 5.96. The summed E-state index contributed by atoms with van der Waals surface area (Å²) in [6.45, 7) is 2.00. The molecule has 0 unspecified atom stereocenters. The Morgan fingerprint density at radius 2 is 1.60 bits per heavy atom. The fourth-order valence-corrected chi connectivity index (χ4v) is 3.03. The maximum atomic E-state index is 12.7. The minimum Gasteiger partial charge on any atom is -0.472 e. The average molecular weight is 335 g/mol. The smallest absolute Gasteiger partial charge is 0.272 e. The van der Waals surface area contributed by atoms with Gasteiger partial charge in [0, 0.05) is 31.6 Å². The minimum absolute atomic E-state index is 0.0651. The Kier molecular flexibility index (Phi) is 3.93. The monoisotopic (exact) mass is 335 g/mol. The van der Waals surface area contributed by atoms with Gasteiger partial charge in [0.2, 0.25) is 0 Å². The zero-order valence-electron chi connectivity index (χ0n) is 13.6. The van der Waals surface area contributed by atoms with Crippen LogP contribution >= 0.6 is 0 Å². The first kappa shape index (κ1) is 15.4. The quantitative estimate of drug-likeness (QED) is 0.721. The van der Waals surface area contributed by atoms with Gasteiger partial charge in [-0.25, -0.2) is 4.98 Å². The third-order valence-electron chi connectivity index (χ3n) is 4.44. The van der Waals surface area contributed by atoms with Crippen LogP contribution in [0.3, 0.4) is 0 Å². The molecule has 1 aromatic carbocycles. The van der Waals surface area contributed by atoms with Gasteiger partial charge in [-0.2, -0.15) is 0 Å². The zero-order valence-corrected chi connectivity index (χ0v) is 13.6. The van der Waals surface area contributed by atoms with Crippen LogP contribution in [-0.4, -0.2) is 52.8 Å². The SMILES string of the molecule is O=C(c1ccoc1)N1CCN(C(=O)c2ccc3ccccc3n2)CC1. The number of para-hydroxylation sites is 1. The minimum atomic E-state index is -0.0961. The Labute approximate surface area is 144 Å². The predicted molar refractivity (Wildman–Crippen MR) is 92.3 cm³/mol. The van der Waals surface area contributed by atoms with Gasteiger partial charge in [0.1, 0.15) is 12.0 Å². The molecule has 3 heterocycles. The number of piperazine rings is 1. The highest BCUT2D eigenvalue weighted by Crippen LogP contribution is 2.15. The largest absolute Gasteiger partial charge is 0.472 e. The lowest BCUT2D eigenvalue weighted by Gasteiger charge is -2.34. The first-order valence-corrected chi connectivity index (χ1v) is 8.19. The number of carbonyl (C=O) groups is 2. The van der Waals surface area contributed by atoms with Gasteiger partial charge in [-0.3, -0.25) is 9.59 Å². The molecule has 2 aromatic heterocycles. The van der Waals surface area contributed by atoms with E-state index in [4.69, 9.17) is 4.42 Å². The molecule has 6 nitrogen and oxygen atoms in total. The molecule has 0 atom stereocenters. The highest BCUT2D eigenvalue weighted by Gasteiger charge is 2.26. The van der Waals surface area contributed by atoms with E-state index in [9.17, 15) is 9.59 Å². The van der Waals surface area contributed by atoms with E-state index in [1.807, 2.05) is 30.3 Å². The van der Waals surface area contributed by atoms with Gasteiger partial charge in [0.25, 0.3) is 11.8 Å². The van der Waals surface area contributed by atoms with Crippen LogP contribution in [0.2, 0.25) is 0 Å². The van der Waals surface area contributed by atoms with Gasteiger partial charge in [-0.05, 0) is 18.2 Å². The number of hydrogen-bond acceptors (Lipinski definition) is 4. The summed E-state index contributed by atoms with van der Waals surface area (Å²) in [5.41, 5.74) is 1.78. The topological polar surface area (TPSA) is 66.7 Å². The van der Waals surface area contributed by atoms with Gasteiger partial charge in [-0.15, -0.1) is 0 Å². The fraction of sp³-hybridized carbons (Fsp3) is 0.211. The molecule has 0 saturated carbocycles. The number of carbonyl (C=O) groups excluding carboxylic acids is 2. The molecule has 1 aliphatic rings. The molecule has 1 fully saturated rings. The predicted octanol–water partition coefficient (Wildman–Crippen LogP) is 2.43. The average Bonchev–Trinajstić information content (AvgIpc) is 3.21. The summed E-state index contributed by atoms with van der Waals surface area (Å²) < 4.78 is 4.96. The van der Waals surface area contributed by atoms with Crippen LogP contribution in [0.15, 0.2) is 59.4 Å². The van der Waals surface area contributed by atoms with Gasteiger partial charge in [0.15, 0.2) is 0 Å². The summed E-state index contributed by atoms with van der Waals surface area (Å²) in [5, 5.41) is 1.01. The van der Waals surface area contributed by atoms with E-state index in [-0.39, 0.29) is 11.8 Å². The summed E-state index contributed by atoms with van der Waals surface area (Å²) in [4.78, 5) is 32.9. The summed E-state index contributed by atoms with van der Waals surface area (Å²) in [6, 6.07) is 13.0. The van der Waals surface area contributed by atoms with Crippen molar-refractivity contribution in [2.45, 2.75) is 0 Å². The zero-order chi connectivity index (χ0) is 17.2. The third kappa shape index (κ3) is 2.98. The lowest BCUT2D eigenvalue weighted by Crippen LogP contribution is -2.50. The molecule has 3 aromatic rings. The van der Waals surface area contributed by atoms with Crippen molar-refractivity contribution >= 4 is 22.7 Å². The van der Waals surface area contributed by atoms with Crippen LogP contribution in [-0.2, 0) is 0 Å². The van der Waals surface area contributed by atoms with Crippen molar-refractivity contribution in [3.8, 4) is 0 Å². The Hall–Kier alpha value is -3.15. The highest BCUT2D eigenvalue weighted by atomic mass is 16.3. The van der Waals surface area contributed by atoms with Gasteiger partial charge in [-0.1, -0.05) is 24.3 Å². The van der Waals surface area contributed by atoms with Crippen molar-refractivity contribution in [2.75, 3.05) is 26.2 Å². The fourth-order valence-electron chi connectivity index (χ4n) is 3.03. The van der Waals surface area contributed by atoms with E-state index in [0.717, 1.165) is 10.9 Å². The van der Waals surface area contributed by atoms with Gasteiger partial charge >= 0.3 is 0 Å². The molecular formula is C19H17N3O3. The maximum Gasteiger partial charge on any atom is 0.272 e. The first-order chi connectivity index (χ1) is 12.2. The first-order valence-electron chi connectivity index (χ1n) is 8.19. The Bertz CT molecular complexity index is 913. The maximum absolute atomic E-state index is 12.7. The van der Waals surface area contributed by atoms with Crippen LogP contribution in [0, 0.1) is 0 Å². The second kappa shape index (κ2) is 6.39. The Morgan fingerprint density at radius 1 is 0.880 bits per heavy atom.